The third-order valence-corrected chi connectivity index (χ3v) is 5.07. The standard InChI is InChI=1S/C26H19ClN4O/c1-18-6-5-7-23(14-18)29-26(32)20(16-28)15-21-17-31(24-8-3-2-4-9-24)30-25(21)19-10-12-22(27)13-11-19/h2-15,17H,1H3,(H,29,32). The van der Waals surface area contributed by atoms with Gasteiger partial charge in [0, 0.05) is 28.0 Å². The van der Waals surface area contributed by atoms with Crippen molar-refractivity contribution in [1.29, 1.82) is 5.26 Å². The topological polar surface area (TPSA) is 70.7 Å². The van der Waals surface area contributed by atoms with Crippen LogP contribution in [0.15, 0.2) is 90.6 Å². The van der Waals surface area contributed by atoms with Crippen molar-refractivity contribution >= 4 is 29.3 Å². The lowest BCUT2D eigenvalue weighted by molar-refractivity contribution is -0.112. The Balaban J connectivity index is 1.75. The largest absolute Gasteiger partial charge is 0.321 e. The van der Waals surface area contributed by atoms with Gasteiger partial charge in [-0.25, -0.2) is 4.68 Å². The van der Waals surface area contributed by atoms with E-state index in [1.54, 1.807) is 35.2 Å². The molecule has 0 aliphatic rings. The summed E-state index contributed by atoms with van der Waals surface area (Å²) in [5.74, 6) is -0.479. The summed E-state index contributed by atoms with van der Waals surface area (Å²) in [5, 5.41) is 17.8. The predicted octanol–water partition coefficient (Wildman–Crippen LogP) is 6.05. The number of aryl methyl sites for hydroxylation is 1. The van der Waals surface area contributed by atoms with E-state index in [1.165, 1.54) is 0 Å². The second-order valence-corrected chi connectivity index (χ2v) is 7.65. The van der Waals surface area contributed by atoms with E-state index in [1.807, 2.05) is 73.7 Å². The van der Waals surface area contributed by atoms with Crippen molar-refractivity contribution in [2.45, 2.75) is 6.92 Å². The maximum absolute atomic E-state index is 12.8. The molecule has 0 aliphatic heterocycles. The first-order valence-corrected chi connectivity index (χ1v) is 10.3. The van der Waals surface area contributed by atoms with Crippen molar-refractivity contribution in [3.63, 3.8) is 0 Å². The number of para-hydroxylation sites is 1. The average molecular weight is 439 g/mol. The summed E-state index contributed by atoms with van der Waals surface area (Å²) in [6.07, 6.45) is 3.36. The molecule has 3 aromatic carbocycles. The maximum Gasteiger partial charge on any atom is 0.266 e. The first-order chi connectivity index (χ1) is 15.5. The molecule has 0 aliphatic carbocycles. The second-order valence-electron chi connectivity index (χ2n) is 7.21. The normalized spacial score (nSPS) is 11.1. The Morgan fingerprint density at radius 2 is 1.81 bits per heavy atom. The van der Waals surface area contributed by atoms with Gasteiger partial charge in [0.2, 0.25) is 0 Å². The summed E-state index contributed by atoms with van der Waals surface area (Å²) < 4.78 is 1.73. The van der Waals surface area contributed by atoms with E-state index in [9.17, 15) is 10.1 Å². The number of hydrogen-bond donors (Lipinski definition) is 1. The zero-order chi connectivity index (χ0) is 22.5. The van der Waals surface area contributed by atoms with Crippen molar-refractivity contribution in [3.8, 4) is 23.0 Å². The first-order valence-electron chi connectivity index (χ1n) is 9.94. The highest BCUT2D eigenvalue weighted by molar-refractivity contribution is 6.30. The second kappa shape index (κ2) is 9.34. The Kier molecular flexibility index (Phi) is 6.16. The molecule has 6 heteroatoms. The number of carbonyl (C=O) groups excluding carboxylic acids is 1. The van der Waals surface area contributed by atoms with Gasteiger partial charge in [-0.05, 0) is 55.0 Å². The lowest BCUT2D eigenvalue weighted by Crippen LogP contribution is -2.13. The van der Waals surface area contributed by atoms with Crippen LogP contribution in [0.4, 0.5) is 5.69 Å². The number of carbonyl (C=O) groups is 1. The highest BCUT2D eigenvalue weighted by atomic mass is 35.5. The molecule has 1 aromatic heterocycles. The number of hydrogen-bond acceptors (Lipinski definition) is 3. The number of rotatable bonds is 5. The molecule has 5 nitrogen and oxygen atoms in total. The van der Waals surface area contributed by atoms with Gasteiger partial charge in [-0.2, -0.15) is 10.4 Å². The molecule has 32 heavy (non-hydrogen) atoms. The van der Waals surface area contributed by atoms with Gasteiger partial charge in [0.05, 0.1) is 11.4 Å². The average Bonchev–Trinajstić information content (AvgIpc) is 3.22. The molecular weight excluding hydrogens is 420 g/mol. The first kappa shape index (κ1) is 21.1. The summed E-state index contributed by atoms with van der Waals surface area (Å²) >= 11 is 6.04. The summed E-state index contributed by atoms with van der Waals surface area (Å²) in [6, 6.07) is 26.3. The minimum Gasteiger partial charge on any atom is -0.321 e. The van der Waals surface area contributed by atoms with E-state index < -0.39 is 5.91 Å². The van der Waals surface area contributed by atoms with Crippen molar-refractivity contribution in [1.82, 2.24) is 9.78 Å². The van der Waals surface area contributed by atoms with Crippen LogP contribution in [-0.4, -0.2) is 15.7 Å². The van der Waals surface area contributed by atoms with Crippen molar-refractivity contribution < 1.29 is 4.79 Å². The molecule has 0 bridgehead atoms. The fourth-order valence-corrected chi connectivity index (χ4v) is 3.39. The van der Waals surface area contributed by atoms with Gasteiger partial charge >= 0.3 is 0 Å². The fraction of sp³-hybridized carbons (Fsp3) is 0.0385. The Morgan fingerprint density at radius 1 is 1.06 bits per heavy atom. The third-order valence-electron chi connectivity index (χ3n) is 4.82. The smallest absolute Gasteiger partial charge is 0.266 e. The molecule has 0 fully saturated rings. The van der Waals surface area contributed by atoms with Crippen LogP contribution in [0.5, 0.6) is 0 Å². The maximum atomic E-state index is 12.8. The third kappa shape index (κ3) is 4.77. The Morgan fingerprint density at radius 3 is 2.50 bits per heavy atom. The molecule has 0 saturated carbocycles. The number of nitriles is 1. The lowest BCUT2D eigenvalue weighted by Gasteiger charge is -2.05. The number of anilines is 1. The van der Waals surface area contributed by atoms with E-state index in [4.69, 9.17) is 16.7 Å². The molecule has 0 spiro atoms. The van der Waals surface area contributed by atoms with Crippen LogP contribution in [-0.2, 0) is 4.79 Å². The van der Waals surface area contributed by atoms with Crippen LogP contribution in [0.2, 0.25) is 5.02 Å². The quantitative estimate of drug-likeness (QED) is 0.304. The van der Waals surface area contributed by atoms with E-state index >= 15 is 0 Å². The lowest BCUT2D eigenvalue weighted by atomic mass is 10.1. The number of nitrogens with one attached hydrogen (secondary N) is 1. The molecule has 156 valence electrons. The molecule has 0 atom stereocenters. The van der Waals surface area contributed by atoms with Gasteiger partial charge in [-0.1, -0.05) is 54.1 Å². The van der Waals surface area contributed by atoms with Crippen LogP contribution >= 0.6 is 11.6 Å². The molecule has 0 saturated heterocycles. The van der Waals surface area contributed by atoms with Crippen molar-refractivity contribution in [2.75, 3.05) is 5.32 Å². The molecule has 0 unspecified atom stereocenters. The Hall–Kier alpha value is -4.14. The van der Waals surface area contributed by atoms with Gasteiger partial charge in [-0.15, -0.1) is 0 Å². The molecule has 1 amide bonds. The zero-order valence-electron chi connectivity index (χ0n) is 17.3. The van der Waals surface area contributed by atoms with E-state index in [-0.39, 0.29) is 5.57 Å². The van der Waals surface area contributed by atoms with Gasteiger partial charge in [-0.3, -0.25) is 4.79 Å². The van der Waals surface area contributed by atoms with Crippen LogP contribution in [0.3, 0.4) is 0 Å². The van der Waals surface area contributed by atoms with Crippen LogP contribution in [0, 0.1) is 18.3 Å². The van der Waals surface area contributed by atoms with Crippen molar-refractivity contribution in [2.24, 2.45) is 0 Å². The van der Waals surface area contributed by atoms with Gasteiger partial charge in [0.1, 0.15) is 11.6 Å². The molecular formula is C26H19ClN4O. The highest BCUT2D eigenvalue weighted by Gasteiger charge is 2.15. The Labute approximate surface area is 191 Å². The monoisotopic (exact) mass is 438 g/mol. The van der Waals surface area contributed by atoms with Crippen LogP contribution < -0.4 is 5.32 Å². The molecule has 1 N–H and O–H groups in total. The number of halogens is 1. The summed E-state index contributed by atoms with van der Waals surface area (Å²) in [4.78, 5) is 12.8. The number of nitrogens with zero attached hydrogens (tertiary/aromatic N) is 3. The van der Waals surface area contributed by atoms with E-state index in [0.29, 0.717) is 22.0 Å². The van der Waals surface area contributed by atoms with E-state index in [2.05, 4.69) is 5.32 Å². The minimum atomic E-state index is -0.479. The number of aromatic nitrogens is 2. The predicted molar refractivity (Wildman–Crippen MR) is 127 cm³/mol. The molecule has 4 aromatic rings. The highest BCUT2D eigenvalue weighted by Crippen LogP contribution is 2.27. The molecule has 0 radical (unpaired) electrons. The zero-order valence-corrected chi connectivity index (χ0v) is 18.0. The molecule has 4 rings (SSSR count). The van der Waals surface area contributed by atoms with E-state index in [0.717, 1.165) is 16.8 Å². The van der Waals surface area contributed by atoms with Crippen LogP contribution in [0.25, 0.3) is 23.0 Å². The van der Waals surface area contributed by atoms with Crippen molar-refractivity contribution in [3.05, 3.63) is 107 Å². The summed E-state index contributed by atoms with van der Waals surface area (Å²) in [5.41, 5.74) is 4.60. The van der Waals surface area contributed by atoms with Gasteiger partial charge < -0.3 is 5.32 Å². The minimum absolute atomic E-state index is 0.0191. The fourth-order valence-electron chi connectivity index (χ4n) is 3.26. The Bertz CT molecular complexity index is 1330. The number of amides is 1. The van der Waals surface area contributed by atoms with Gasteiger partial charge in [0.15, 0.2) is 0 Å². The van der Waals surface area contributed by atoms with Gasteiger partial charge in [0.25, 0.3) is 5.91 Å². The summed E-state index contributed by atoms with van der Waals surface area (Å²) in [7, 11) is 0. The van der Waals surface area contributed by atoms with Crippen LogP contribution in [0.1, 0.15) is 11.1 Å². The molecule has 1 heterocycles. The number of benzene rings is 3. The SMILES string of the molecule is Cc1cccc(NC(=O)C(C#N)=Cc2cn(-c3ccccc3)nc2-c2ccc(Cl)cc2)c1. The summed E-state index contributed by atoms with van der Waals surface area (Å²) in [6.45, 7) is 1.94.